The predicted molar refractivity (Wildman–Crippen MR) is 72.9 cm³/mol. The van der Waals surface area contributed by atoms with Crippen LogP contribution in [-0.2, 0) is 6.54 Å². The van der Waals surface area contributed by atoms with Crippen LogP contribution in [0.4, 0.5) is 5.82 Å². The minimum Gasteiger partial charge on any atom is -0.496 e. The van der Waals surface area contributed by atoms with Crippen LogP contribution < -0.4 is 10.1 Å². The zero-order valence-electron chi connectivity index (χ0n) is 11.1. The second-order valence-corrected chi connectivity index (χ2v) is 4.44. The quantitative estimate of drug-likeness (QED) is 0.879. The van der Waals surface area contributed by atoms with Crippen LogP contribution in [0.2, 0.25) is 0 Å². The van der Waals surface area contributed by atoms with E-state index in [4.69, 9.17) is 4.74 Å². The lowest BCUT2D eigenvalue weighted by atomic mass is 10.2. The summed E-state index contributed by atoms with van der Waals surface area (Å²) in [6.45, 7) is 4.92. The van der Waals surface area contributed by atoms with E-state index in [2.05, 4.69) is 24.3 Å². The molecule has 0 spiro atoms. The maximum atomic E-state index is 5.31. The molecule has 1 N–H and O–H groups in total. The first-order valence-corrected chi connectivity index (χ1v) is 6.11. The third-order valence-corrected chi connectivity index (χ3v) is 2.79. The summed E-state index contributed by atoms with van der Waals surface area (Å²) < 4.78 is 7.25. The van der Waals surface area contributed by atoms with Gasteiger partial charge in [0.1, 0.15) is 11.6 Å². The molecular formula is C14H19N3O. The van der Waals surface area contributed by atoms with Crippen molar-refractivity contribution < 1.29 is 4.74 Å². The van der Waals surface area contributed by atoms with Gasteiger partial charge >= 0.3 is 0 Å². The summed E-state index contributed by atoms with van der Waals surface area (Å²) in [5.74, 6) is 1.78. The van der Waals surface area contributed by atoms with Crippen molar-refractivity contribution in [1.29, 1.82) is 0 Å². The molecule has 18 heavy (non-hydrogen) atoms. The minimum atomic E-state index is 0.381. The molecule has 1 aromatic heterocycles. The molecule has 4 nitrogen and oxygen atoms in total. The molecule has 0 bridgehead atoms. The van der Waals surface area contributed by atoms with Gasteiger partial charge in [-0.15, -0.1) is 0 Å². The van der Waals surface area contributed by atoms with Crippen molar-refractivity contribution in [3.05, 3.63) is 42.1 Å². The summed E-state index contributed by atoms with van der Waals surface area (Å²) in [6, 6.07) is 10.3. The summed E-state index contributed by atoms with van der Waals surface area (Å²) in [6.07, 6.45) is 1.98. The van der Waals surface area contributed by atoms with Crippen LogP contribution in [-0.4, -0.2) is 16.9 Å². The molecule has 0 radical (unpaired) electrons. The van der Waals surface area contributed by atoms with Crippen LogP contribution in [0.3, 0.4) is 0 Å². The van der Waals surface area contributed by atoms with E-state index in [-0.39, 0.29) is 0 Å². The van der Waals surface area contributed by atoms with Crippen molar-refractivity contribution in [2.24, 2.45) is 0 Å². The van der Waals surface area contributed by atoms with Crippen LogP contribution in [0, 0.1) is 0 Å². The predicted octanol–water partition coefficient (Wildman–Crippen LogP) is 3.08. The number of hydrogen-bond acceptors (Lipinski definition) is 3. The Balaban J connectivity index is 2.02. The van der Waals surface area contributed by atoms with Gasteiger partial charge in [-0.2, -0.15) is 5.10 Å². The van der Waals surface area contributed by atoms with Crippen LogP contribution in [0.15, 0.2) is 36.5 Å². The van der Waals surface area contributed by atoms with Gasteiger partial charge in [-0.05, 0) is 19.9 Å². The Morgan fingerprint density at radius 3 is 2.72 bits per heavy atom. The van der Waals surface area contributed by atoms with Gasteiger partial charge < -0.3 is 10.1 Å². The number of methoxy groups -OCH3 is 1. The minimum absolute atomic E-state index is 0.381. The fourth-order valence-corrected chi connectivity index (χ4v) is 1.75. The molecule has 0 unspecified atom stereocenters. The molecule has 2 aromatic rings. The van der Waals surface area contributed by atoms with E-state index in [1.807, 2.05) is 41.2 Å². The topological polar surface area (TPSA) is 39.1 Å². The zero-order valence-corrected chi connectivity index (χ0v) is 11.1. The summed E-state index contributed by atoms with van der Waals surface area (Å²) in [4.78, 5) is 0. The molecule has 0 fully saturated rings. The third kappa shape index (κ3) is 2.83. The van der Waals surface area contributed by atoms with Gasteiger partial charge in [0.15, 0.2) is 0 Å². The summed E-state index contributed by atoms with van der Waals surface area (Å²) >= 11 is 0. The van der Waals surface area contributed by atoms with Crippen LogP contribution >= 0.6 is 0 Å². The third-order valence-electron chi connectivity index (χ3n) is 2.79. The van der Waals surface area contributed by atoms with Gasteiger partial charge in [-0.3, -0.25) is 4.68 Å². The van der Waals surface area contributed by atoms with Gasteiger partial charge in [0, 0.05) is 30.4 Å². The number of nitrogens with one attached hydrogen (secondary N) is 1. The van der Waals surface area contributed by atoms with E-state index in [0.29, 0.717) is 12.6 Å². The number of rotatable bonds is 5. The lowest BCUT2D eigenvalue weighted by Crippen LogP contribution is -2.05. The molecule has 0 atom stereocenters. The number of para-hydroxylation sites is 1. The molecule has 2 rings (SSSR count). The monoisotopic (exact) mass is 245 g/mol. The molecule has 1 aromatic carbocycles. The van der Waals surface area contributed by atoms with Crippen LogP contribution in [0.25, 0.3) is 0 Å². The lowest BCUT2D eigenvalue weighted by Gasteiger charge is -2.09. The Hall–Kier alpha value is -1.97. The molecule has 0 saturated carbocycles. The number of nitrogens with zero attached hydrogens (tertiary/aromatic N) is 2. The van der Waals surface area contributed by atoms with Gasteiger partial charge in [-0.1, -0.05) is 18.2 Å². The highest BCUT2D eigenvalue weighted by Gasteiger charge is 2.04. The maximum Gasteiger partial charge on any atom is 0.148 e. The Kier molecular flexibility index (Phi) is 3.87. The molecular weight excluding hydrogens is 226 g/mol. The van der Waals surface area contributed by atoms with Crippen molar-refractivity contribution >= 4 is 5.82 Å². The number of anilines is 1. The highest BCUT2D eigenvalue weighted by molar-refractivity contribution is 5.39. The maximum absolute atomic E-state index is 5.31. The average Bonchev–Trinajstić information content (AvgIpc) is 2.85. The SMILES string of the molecule is COc1ccccc1CNc1ccn(C(C)C)n1. The first-order chi connectivity index (χ1) is 8.70. The number of aromatic nitrogens is 2. The fraction of sp³-hybridized carbons (Fsp3) is 0.357. The van der Waals surface area contributed by atoms with E-state index in [0.717, 1.165) is 17.1 Å². The fourth-order valence-electron chi connectivity index (χ4n) is 1.75. The number of hydrogen-bond donors (Lipinski definition) is 1. The second kappa shape index (κ2) is 5.58. The van der Waals surface area contributed by atoms with Crippen molar-refractivity contribution in [1.82, 2.24) is 9.78 Å². The molecule has 0 aliphatic heterocycles. The first kappa shape index (κ1) is 12.5. The molecule has 0 amide bonds. The van der Waals surface area contributed by atoms with Gasteiger partial charge in [0.2, 0.25) is 0 Å². The Labute approximate surface area is 108 Å². The molecule has 4 heteroatoms. The Morgan fingerprint density at radius 1 is 1.28 bits per heavy atom. The van der Waals surface area contributed by atoms with Crippen molar-refractivity contribution in [2.45, 2.75) is 26.4 Å². The Morgan fingerprint density at radius 2 is 2.06 bits per heavy atom. The molecule has 0 aliphatic carbocycles. The van der Waals surface area contributed by atoms with Crippen LogP contribution in [0.5, 0.6) is 5.75 Å². The van der Waals surface area contributed by atoms with E-state index < -0.39 is 0 Å². The second-order valence-electron chi connectivity index (χ2n) is 4.44. The average molecular weight is 245 g/mol. The molecule has 0 saturated heterocycles. The first-order valence-electron chi connectivity index (χ1n) is 6.11. The lowest BCUT2D eigenvalue weighted by molar-refractivity contribution is 0.410. The Bertz CT molecular complexity index is 505. The van der Waals surface area contributed by atoms with Gasteiger partial charge in [0.05, 0.1) is 7.11 Å². The van der Waals surface area contributed by atoms with Gasteiger partial charge in [-0.25, -0.2) is 0 Å². The van der Waals surface area contributed by atoms with Crippen molar-refractivity contribution in [2.75, 3.05) is 12.4 Å². The van der Waals surface area contributed by atoms with Gasteiger partial charge in [0.25, 0.3) is 0 Å². The normalized spacial score (nSPS) is 10.7. The zero-order chi connectivity index (χ0) is 13.0. The highest BCUT2D eigenvalue weighted by Crippen LogP contribution is 2.18. The molecule has 0 aliphatic rings. The van der Waals surface area contributed by atoms with E-state index >= 15 is 0 Å². The smallest absolute Gasteiger partial charge is 0.148 e. The van der Waals surface area contributed by atoms with E-state index in [1.165, 1.54) is 0 Å². The van der Waals surface area contributed by atoms with Crippen molar-refractivity contribution in [3.8, 4) is 5.75 Å². The van der Waals surface area contributed by atoms with E-state index in [1.54, 1.807) is 7.11 Å². The van der Waals surface area contributed by atoms with Crippen LogP contribution in [0.1, 0.15) is 25.5 Å². The number of ether oxygens (including phenoxy) is 1. The molecule has 1 heterocycles. The number of benzene rings is 1. The standard InChI is InChI=1S/C14H19N3O/c1-11(2)17-9-8-14(16-17)15-10-12-6-4-5-7-13(12)18-3/h4-9,11H,10H2,1-3H3,(H,15,16). The summed E-state index contributed by atoms with van der Waals surface area (Å²) in [5, 5.41) is 7.74. The summed E-state index contributed by atoms with van der Waals surface area (Å²) in [5.41, 5.74) is 1.12. The highest BCUT2D eigenvalue weighted by atomic mass is 16.5. The summed E-state index contributed by atoms with van der Waals surface area (Å²) in [7, 11) is 1.69. The largest absolute Gasteiger partial charge is 0.496 e. The molecule has 96 valence electrons. The van der Waals surface area contributed by atoms with Crippen molar-refractivity contribution in [3.63, 3.8) is 0 Å². The van der Waals surface area contributed by atoms with E-state index in [9.17, 15) is 0 Å².